The number of hydrogen-bond donors (Lipinski definition) is 0. The minimum Gasteiger partial charge on any atom is -0.312 e. The molecule has 114 valence electrons. The molecule has 1 fully saturated rings. The zero-order chi connectivity index (χ0) is 15.8. The lowest BCUT2D eigenvalue weighted by atomic mass is 10.1. The summed E-state index contributed by atoms with van der Waals surface area (Å²) < 4.78 is 1.31. The maximum absolute atomic E-state index is 12.7. The van der Waals surface area contributed by atoms with Gasteiger partial charge in [0.1, 0.15) is 5.52 Å². The molecule has 0 radical (unpaired) electrons. The van der Waals surface area contributed by atoms with Gasteiger partial charge in [0.15, 0.2) is 0 Å². The summed E-state index contributed by atoms with van der Waals surface area (Å²) in [5, 5.41) is 7.95. The highest BCUT2D eigenvalue weighted by atomic mass is 16.2. The van der Waals surface area contributed by atoms with Crippen LogP contribution in [0.2, 0.25) is 0 Å². The summed E-state index contributed by atoms with van der Waals surface area (Å²) in [6, 6.07) is 16.7. The third kappa shape index (κ3) is 2.28. The predicted molar refractivity (Wildman–Crippen MR) is 85.1 cm³/mol. The van der Waals surface area contributed by atoms with Crippen LogP contribution in [-0.4, -0.2) is 33.4 Å². The molecule has 0 bridgehead atoms. The van der Waals surface area contributed by atoms with Crippen LogP contribution in [0, 0.1) is 5.92 Å². The molecule has 0 unspecified atom stereocenters. The molecule has 6 nitrogen and oxygen atoms in total. The lowest BCUT2D eigenvalue weighted by Crippen LogP contribution is -2.28. The van der Waals surface area contributed by atoms with Crippen molar-refractivity contribution < 1.29 is 9.59 Å². The lowest BCUT2D eigenvalue weighted by Gasteiger charge is -2.16. The van der Waals surface area contributed by atoms with Crippen molar-refractivity contribution in [2.24, 2.45) is 5.92 Å². The monoisotopic (exact) mass is 306 g/mol. The molecular weight excluding hydrogens is 292 g/mol. The van der Waals surface area contributed by atoms with Crippen LogP contribution in [0.4, 0.5) is 5.69 Å². The average Bonchev–Trinajstić information content (AvgIpc) is 3.19. The van der Waals surface area contributed by atoms with E-state index in [2.05, 4.69) is 10.3 Å². The number of fused-ring (bicyclic) bond motifs is 1. The zero-order valence-electron chi connectivity index (χ0n) is 12.3. The third-order valence-corrected chi connectivity index (χ3v) is 4.10. The molecule has 1 saturated heterocycles. The van der Waals surface area contributed by atoms with Gasteiger partial charge in [0.25, 0.3) is 5.91 Å². The van der Waals surface area contributed by atoms with E-state index in [-0.39, 0.29) is 18.2 Å². The number of carbonyl (C=O) groups is 2. The van der Waals surface area contributed by atoms with E-state index >= 15 is 0 Å². The second-order valence-electron chi connectivity index (χ2n) is 5.57. The van der Waals surface area contributed by atoms with Crippen LogP contribution in [-0.2, 0) is 4.79 Å². The molecule has 4 rings (SSSR count). The van der Waals surface area contributed by atoms with E-state index in [1.807, 2.05) is 48.5 Å². The Kier molecular flexibility index (Phi) is 3.15. The Balaban J connectivity index is 1.62. The number of amides is 1. The van der Waals surface area contributed by atoms with Crippen LogP contribution in [0.15, 0.2) is 54.6 Å². The summed E-state index contributed by atoms with van der Waals surface area (Å²) in [6.07, 6.45) is 0.196. The molecule has 1 aliphatic heterocycles. The van der Waals surface area contributed by atoms with Gasteiger partial charge in [-0.05, 0) is 24.3 Å². The molecule has 23 heavy (non-hydrogen) atoms. The second kappa shape index (κ2) is 5.31. The molecule has 6 heteroatoms. The van der Waals surface area contributed by atoms with Crippen molar-refractivity contribution in [3.8, 4) is 0 Å². The van der Waals surface area contributed by atoms with Crippen LogP contribution >= 0.6 is 0 Å². The molecule has 0 aliphatic carbocycles. The Morgan fingerprint density at radius 1 is 1.04 bits per heavy atom. The van der Waals surface area contributed by atoms with E-state index in [4.69, 9.17) is 0 Å². The minimum atomic E-state index is -0.409. The highest BCUT2D eigenvalue weighted by Gasteiger charge is 2.36. The maximum Gasteiger partial charge on any atom is 0.254 e. The smallest absolute Gasteiger partial charge is 0.254 e. The average molecular weight is 306 g/mol. The van der Waals surface area contributed by atoms with Crippen molar-refractivity contribution in [2.75, 3.05) is 11.4 Å². The quantitative estimate of drug-likeness (QED) is 0.727. The summed E-state index contributed by atoms with van der Waals surface area (Å²) >= 11 is 0. The molecule has 1 aliphatic rings. The third-order valence-electron chi connectivity index (χ3n) is 4.10. The molecule has 0 saturated carbocycles. The first-order valence-corrected chi connectivity index (χ1v) is 7.44. The van der Waals surface area contributed by atoms with Gasteiger partial charge >= 0.3 is 0 Å². The molecule has 0 N–H and O–H groups in total. The van der Waals surface area contributed by atoms with Gasteiger partial charge in [-0.15, -0.1) is 5.10 Å². The summed E-state index contributed by atoms with van der Waals surface area (Å²) in [4.78, 5) is 26.6. The van der Waals surface area contributed by atoms with Crippen molar-refractivity contribution in [3.63, 3.8) is 0 Å². The molecule has 1 atom stereocenters. The molecule has 2 aromatic carbocycles. The highest BCUT2D eigenvalue weighted by Crippen LogP contribution is 2.26. The number of rotatable bonds is 2. The molecule has 1 aromatic heterocycles. The minimum absolute atomic E-state index is 0.0426. The van der Waals surface area contributed by atoms with Gasteiger partial charge < -0.3 is 4.90 Å². The van der Waals surface area contributed by atoms with E-state index in [0.717, 1.165) is 5.69 Å². The summed E-state index contributed by atoms with van der Waals surface area (Å²) in [6.45, 7) is 0.371. The molecule has 0 spiro atoms. The van der Waals surface area contributed by atoms with Gasteiger partial charge in [-0.3, -0.25) is 9.59 Å². The van der Waals surface area contributed by atoms with Gasteiger partial charge in [0.05, 0.1) is 11.4 Å². The first kappa shape index (κ1) is 13.6. The Labute approximate surface area is 132 Å². The van der Waals surface area contributed by atoms with Crippen LogP contribution in [0.3, 0.4) is 0 Å². The van der Waals surface area contributed by atoms with E-state index in [0.29, 0.717) is 17.6 Å². The number of anilines is 1. The number of nitrogens with zero attached hydrogens (tertiary/aromatic N) is 4. The normalized spacial score (nSPS) is 17.8. The van der Waals surface area contributed by atoms with Gasteiger partial charge in [-0.25, -0.2) is 0 Å². The topological polar surface area (TPSA) is 68.1 Å². The summed E-state index contributed by atoms with van der Waals surface area (Å²) in [5.74, 6) is -0.641. The molecular formula is C17H14N4O2. The van der Waals surface area contributed by atoms with E-state index in [1.54, 1.807) is 11.0 Å². The molecule has 3 aromatic rings. The van der Waals surface area contributed by atoms with Crippen molar-refractivity contribution in [3.05, 3.63) is 54.6 Å². The first-order chi connectivity index (χ1) is 11.2. The van der Waals surface area contributed by atoms with Gasteiger partial charge in [0.2, 0.25) is 5.91 Å². The highest BCUT2D eigenvalue weighted by molar-refractivity contribution is 6.01. The molecule has 2 heterocycles. The van der Waals surface area contributed by atoms with Crippen LogP contribution < -0.4 is 4.90 Å². The van der Waals surface area contributed by atoms with Crippen LogP contribution in [0.1, 0.15) is 11.2 Å². The van der Waals surface area contributed by atoms with Gasteiger partial charge in [-0.2, -0.15) is 4.68 Å². The van der Waals surface area contributed by atoms with Gasteiger partial charge in [-0.1, -0.05) is 35.5 Å². The number of para-hydroxylation sites is 2. The van der Waals surface area contributed by atoms with Crippen molar-refractivity contribution in [2.45, 2.75) is 6.42 Å². The van der Waals surface area contributed by atoms with Crippen molar-refractivity contribution >= 4 is 28.5 Å². The lowest BCUT2D eigenvalue weighted by molar-refractivity contribution is -0.117. The fraction of sp³-hybridized carbons (Fsp3) is 0.176. The fourth-order valence-corrected chi connectivity index (χ4v) is 2.94. The van der Waals surface area contributed by atoms with E-state index < -0.39 is 5.92 Å². The number of hydrogen-bond acceptors (Lipinski definition) is 4. The van der Waals surface area contributed by atoms with Gasteiger partial charge in [0, 0.05) is 18.7 Å². The summed E-state index contributed by atoms with van der Waals surface area (Å²) in [7, 11) is 0. The standard InChI is InChI=1S/C17H14N4O2/c22-16-10-12(11-20(16)13-6-2-1-3-7-13)17(23)21-15-9-5-4-8-14(15)18-19-21/h1-9,12H,10-11H2/t12-/m1/s1. The number of aromatic nitrogens is 3. The maximum atomic E-state index is 12.7. The Bertz CT molecular complexity index is 888. The molecule has 1 amide bonds. The van der Waals surface area contributed by atoms with Crippen LogP contribution in [0.25, 0.3) is 11.0 Å². The fourth-order valence-electron chi connectivity index (χ4n) is 2.94. The largest absolute Gasteiger partial charge is 0.312 e. The Morgan fingerprint density at radius 3 is 2.61 bits per heavy atom. The SMILES string of the molecule is O=C1C[C@@H](C(=O)n2nnc3ccccc32)CN1c1ccccc1. The Hall–Kier alpha value is -3.02. The van der Waals surface area contributed by atoms with Crippen molar-refractivity contribution in [1.29, 1.82) is 0 Å². The van der Waals surface area contributed by atoms with E-state index in [9.17, 15) is 9.59 Å². The predicted octanol–water partition coefficient (Wildman–Crippen LogP) is 2.12. The van der Waals surface area contributed by atoms with Crippen LogP contribution in [0.5, 0.6) is 0 Å². The number of benzene rings is 2. The number of carbonyl (C=O) groups excluding carboxylic acids is 2. The second-order valence-corrected chi connectivity index (χ2v) is 5.57. The van der Waals surface area contributed by atoms with Crippen molar-refractivity contribution in [1.82, 2.24) is 15.0 Å². The zero-order valence-corrected chi connectivity index (χ0v) is 12.3. The Morgan fingerprint density at radius 2 is 1.78 bits per heavy atom. The first-order valence-electron chi connectivity index (χ1n) is 7.44. The van der Waals surface area contributed by atoms with E-state index in [1.165, 1.54) is 4.68 Å². The summed E-state index contributed by atoms with van der Waals surface area (Å²) in [5.41, 5.74) is 2.16.